The molecule has 3 aromatic rings. The quantitative estimate of drug-likeness (QED) is 0.572. The molecule has 4 rings (SSSR count). The number of amides is 2. The number of fused-ring (bicyclic) bond motifs is 1. The van der Waals surface area contributed by atoms with E-state index in [9.17, 15) is 9.59 Å². The van der Waals surface area contributed by atoms with Crippen molar-refractivity contribution in [2.45, 2.75) is 32.1 Å². The maximum absolute atomic E-state index is 13.3. The fraction of sp³-hybridized carbons (Fsp3) is 0.273. The van der Waals surface area contributed by atoms with Crippen molar-refractivity contribution >= 4 is 33.8 Å². The van der Waals surface area contributed by atoms with Gasteiger partial charge < -0.3 is 19.8 Å². The lowest BCUT2D eigenvalue weighted by Gasteiger charge is -2.12. The summed E-state index contributed by atoms with van der Waals surface area (Å²) in [5.41, 5.74) is 2.17. The number of hydrogen-bond acceptors (Lipinski definition) is 5. The Hall–Kier alpha value is -3.06. The van der Waals surface area contributed by atoms with E-state index in [2.05, 4.69) is 10.6 Å². The van der Waals surface area contributed by atoms with Gasteiger partial charge in [-0.1, -0.05) is 18.6 Å². The van der Waals surface area contributed by atoms with Crippen LogP contribution in [0.15, 0.2) is 47.1 Å². The second-order valence-electron chi connectivity index (χ2n) is 6.85. The normalized spacial score (nSPS) is 13.3. The van der Waals surface area contributed by atoms with Crippen molar-refractivity contribution in [3.63, 3.8) is 0 Å². The van der Waals surface area contributed by atoms with Crippen LogP contribution in [-0.2, 0) is 12.8 Å². The zero-order valence-electron chi connectivity index (χ0n) is 16.1. The first-order valence-electron chi connectivity index (χ1n) is 9.61. The monoisotopic (exact) mass is 410 g/mol. The number of hydrogen-bond donors (Lipinski definition) is 2. The molecule has 0 fully saturated rings. The first-order valence-corrected chi connectivity index (χ1v) is 10.4. The van der Waals surface area contributed by atoms with E-state index < -0.39 is 0 Å². The number of furan rings is 1. The Labute approximate surface area is 172 Å². The molecule has 0 atom stereocenters. The van der Waals surface area contributed by atoms with Crippen molar-refractivity contribution < 1.29 is 18.7 Å². The number of carbonyl (C=O) groups is 2. The number of carbonyl (C=O) groups excluding carboxylic acids is 2. The molecule has 29 heavy (non-hydrogen) atoms. The molecule has 0 unspecified atom stereocenters. The highest BCUT2D eigenvalue weighted by Gasteiger charge is 2.27. The summed E-state index contributed by atoms with van der Waals surface area (Å²) in [5.74, 6) is 0.189. The van der Waals surface area contributed by atoms with Crippen molar-refractivity contribution in [3.05, 3.63) is 64.4 Å². The minimum Gasteiger partial charge on any atom is -0.495 e. The molecule has 1 aliphatic carbocycles. The van der Waals surface area contributed by atoms with Gasteiger partial charge in [0.1, 0.15) is 10.8 Å². The molecule has 7 heteroatoms. The van der Waals surface area contributed by atoms with Crippen LogP contribution in [0, 0.1) is 0 Å². The molecule has 2 aromatic heterocycles. The summed E-state index contributed by atoms with van der Waals surface area (Å²) < 4.78 is 10.5. The minimum absolute atomic E-state index is 0.213. The number of anilines is 2. The Morgan fingerprint density at radius 3 is 2.62 bits per heavy atom. The summed E-state index contributed by atoms with van der Waals surface area (Å²) in [4.78, 5) is 27.0. The molecule has 0 spiro atoms. The number of nitrogens with one attached hydrogen (secondary N) is 2. The summed E-state index contributed by atoms with van der Waals surface area (Å²) in [6.07, 6.45) is 6.47. The SMILES string of the molecule is COc1ccccc1NC(=O)c1c(NC(=O)c2ccco2)sc2c1CCCCC2. The number of thiophene rings is 1. The van der Waals surface area contributed by atoms with Gasteiger partial charge in [0.05, 0.1) is 24.6 Å². The molecule has 2 N–H and O–H groups in total. The summed E-state index contributed by atoms with van der Waals surface area (Å²) in [5, 5.41) is 6.39. The van der Waals surface area contributed by atoms with E-state index in [1.165, 1.54) is 22.5 Å². The van der Waals surface area contributed by atoms with E-state index in [4.69, 9.17) is 9.15 Å². The molecule has 0 aliphatic heterocycles. The number of aryl methyl sites for hydroxylation is 1. The Balaban J connectivity index is 1.69. The van der Waals surface area contributed by atoms with Crippen molar-refractivity contribution in [2.24, 2.45) is 0 Å². The average molecular weight is 410 g/mol. The van der Waals surface area contributed by atoms with Crippen molar-refractivity contribution in [1.82, 2.24) is 0 Å². The third-order valence-electron chi connectivity index (χ3n) is 4.98. The second kappa shape index (κ2) is 8.53. The first kappa shape index (κ1) is 19.3. The first-order chi connectivity index (χ1) is 14.2. The Morgan fingerprint density at radius 2 is 1.83 bits per heavy atom. The van der Waals surface area contributed by atoms with Gasteiger partial charge in [-0.2, -0.15) is 0 Å². The van der Waals surface area contributed by atoms with Crippen LogP contribution in [0.4, 0.5) is 10.7 Å². The second-order valence-corrected chi connectivity index (χ2v) is 7.96. The van der Waals surface area contributed by atoms with Gasteiger partial charge in [0.25, 0.3) is 11.8 Å². The van der Waals surface area contributed by atoms with Crippen LogP contribution in [0.3, 0.4) is 0 Å². The molecule has 0 radical (unpaired) electrons. The molecule has 2 amide bonds. The summed E-state index contributed by atoms with van der Waals surface area (Å²) in [6, 6.07) is 10.5. The molecule has 2 heterocycles. The summed E-state index contributed by atoms with van der Waals surface area (Å²) in [7, 11) is 1.57. The lowest BCUT2D eigenvalue weighted by atomic mass is 10.0. The van der Waals surface area contributed by atoms with Gasteiger partial charge in [-0.25, -0.2) is 0 Å². The minimum atomic E-state index is -0.363. The number of para-hydroxylation sites is 2. The van der Waals surface area contributed by atoms with Gasteiger partial charge in [-0.3, -0.25) is 9.59 Å². The van der Waals surface area contributed by atoms with Crippen LogP contribution in [0.1, 0.15) is 50.6 Å². The van der Waals surface area contributed by atoms with Crippen LogP contribution in [0.2, 0.25) is 0 Å². The molecule has 6 nitrogen and oxygen atoms in total. The molecule has 0 saturated heterocycles. The standard InChI is InChI=1S/C22H22N2O4S/c1-27-16-10-6-5-9-15(16)23-21(26)19-14-8-3-2-4-12-18(14)29-22(19)24-20(25)17-11-7-13-28-17/h5-7,9-11,13H,2-4,8,12H2,1H3,(H,23,26)(H,24,25). The van der Waals surface area contributed by atoms with E-state index in [0.717, 1.165) is 37.7 Å². The molecule has 0 bridgehead atoms. The summed E-state index contributed by atoms with van der Waals surface area (Å²) >= 11 is 1.48. The Kier molecular flexibility index (Phi) is 5.67. The number of ether oxygens (including phenoxy) is 1. The number of methoxy groups -OCH3 is 1. The van der Waals surface area contributed by atoms with Gasteiger partial charge in [-0.15, -0.1) is 11.3 Å². The van der Waals surface area contributed by atoms with Gasteiger partial charge in [-0.05, 0) is 55.5 Å². The average Bonchev–Trinajstić information content (AvgIpc) is 3.32. The fourth-order valence-electron chi connectivity index (χ4n) is 3.58. The highest BCUT2D eigenvalue weighted by Crippen LogP contribution is 2.38. The maximum Gasteiger partial charge on any atom is 0.291 e. The molecule has 150 valence electrons. The highest BCUT2D eigenvalue weighted by atomic mass is 32.1. The van der Waals surface area contributed by atoms with Crippen LogP contribution in [-0.4, -0.2) is 18.9 Å². The van der Waals surface area contributed by atoms with Crippen LogP contribution in [0.5, 0.6) is 5.75 Å². The van der Waals surface area contributed by atoms with Gasteiger partial charge in [0.2, 0.25) is 0 Å². The summed E-state index contributed by atoms with van der Waals surface area (Å²) in [6.45, 7) is 0. The number of rotatable bonds is 5. The third kappa shape index (κ3) is 4.05. The lowest BCUT2D eigenvalue weighted by molar-refractivity contribution is 0.0997. The van der Waals surface area contributed by atoms with Crippen LogP contribution >= 0.6 is 11.3 Å². The van der Waals surface area contributed by atoms with Gasteiger partial charge in [0, 0.05) is 4.88 Å². The highest BCUT2D eigenvalue weighted by molar-refractivity contribution is 7.17. The van der Waals surface area contributed by atoms with Gasteiger partial charge in [0.15, 0.2) is 5.76 Å². The van der Waals surface area contributed by atoms with E-state index in [1.807, 2.05) is 12.1 Å². The number of benzene rings is 1. The van der Waals surface area contributed by atoms with Crippen molar-refractivity contribution in [3.8, 4) is 5.75 Å². The molecular weight excluding hydrogens is 388 g/mol. The molecule has 0 saturated carbocycles. The predicted octanol–water partition coefficient (Wildman–Crippen LogP) is 5.12. The molecule has 1 aromatic carbocycles. The van der Waals surface area contributed by atoms with E-state index in [0.29, 0.717) is 22.0 Å². The lowest BCUT2D eigenvalue weighted by Crippen LogP contribution is -2.18. The third-order valence-corrected chi connectivity index (χ3v) is 6.18. The fourth-order valence-corrected chi connectivity index (χ4v) is 4.86. The maximum atomic E-state index is 13.3. The van der Waals surface area contributed by atoms with Crippen LogP contribution in [0.25, 0.3) is 0 Å². The van der Waals surface area contributed by atoms with E-state index in [1.54, 1.807) is 31.4 Å². The topological polar surface area (TPSA) is 80.6 Å². The van der Waals surface area contributed by atoms with E-state index in [-0.39, 0.29) is 17.6 Å². The Morgan fingerprint density at radius 1 is 1.00 bits per heavy atom. The smallest absolute Gasteiger partial charge is 0.291 e. The molecule has 1 aliphatic rings. The predicted molar refractivity (Wildman–Crippen MR) is 113 cm³/mol. The zero-order chi connectivity index (χ0) is 20.2. The van der Waals surface area contributed by atoms with Gasteiger partial charge >= 0.3 is 0 Å². The largest absolute Gasteiger partial charge is 0.495 e. The Bertz CT molecular complexity index is 1020. The zero-order valence-corrected chi connectivity index (χ0v) is 16.9. The van der Waals surface area contributed by atoms with Crippen LogP contribution < -0.4 is 15.4 Å². The van der Waals surface area contributed by atoms with Crippen molar-refractivity contribution in [2.75, 3.05) is 17.7 Å². The molecular formula is C22H22N2O4S. The van der Waals surface area contributed by atoms with E-state index >= 15 is 0 Å². The van der Waals surface area contributed by atoms with Crippen molar-refractivity contribution in [1.29, 1.82) is 0 Å².